The average molecular weight is 359 g/mol. The van der Waals surface area contributed by atoms with E-state index in [4.69, 9.17) is 5.11 Å². The summed E-state index contributed by atoms with van der Waals surface area (Å²) in [5, 5.41) is 8.93. The summed E-state index contributed by atoms with van der Waals surface area (Å²) in [6.07, 6.45) is 1.25. The van der Waals surface area contributed by atoms with E-state index < -0.39 is 16.0 Å². The highest BCUT2D eigenvalue weighted by atomic mass is 79.9. The number of hydrogen-bond donors (Lipinski definition) is 2. The van der Waals surface area contributed by atoms with Gasteiger partial charge in [0.15, 0.2) is 0 Å². The van der Waals surface area contributed by atoms with Gasteiger partial charge in [0.25, 0.3) is 10.0 Å². The first kappa shape index (κ1) is 14.6. The van der Waals surface area contributed by atoms with Crippen LogP contribution < -0.4 is 4.72 Å². The number of rotatable bonds is 4. The first-order valence-electron chi connectivity index (χ1n) is 5.47. The maximum absolute atomic E-state index is 12.2. The highest BCUT2D eigenvalue weighted by Gasteiger charge is 2.20. The van der Waals surface area contributed by atoms with Gasteiger partial charge >= 0.3 is 5.97 Å². The molecule has 1 heterocycles. The molecule has 6 nitrogen and oxygen atoms in total. The van der Waals surface area contributed by atoms with Gasteiger partial charge in [0.2, 0.25) is 0 Å². The maximum atomic E-state index is 12.2. The van der Waals surface area contributed by atoms with E-state index in [1.165, 1.54) is 17.8 Å². The molecular formula is C12H11BrN2O4S. The molecule has 0 aliphatic rings. The van der Waals surface area contributed by atoms with Crippen LogP contribution in [0.15, 0.2) is 45.9 Å². The molecule has 1 aromatic heterocycles. The first-order valence-corrected chi connectivity index (χ1v) is 7.75. The smallest absolute Gasteiger partial charge is 0.352 e. The minimum atomic E-state index is -3.82. The number of anilines is 1. The number of nitrogens with one attached hydrogen (secondary N) is 1. The van der Waals surface area contributed by atoms with Crippen LogP contribution in [0.1, 0.15) is 10.5 Å². The molecule has 1 aromatic carbocycles. The standard InChI is InChI=1S/C12H11BrN2O4S/c1-15-7-10(6-11(15)12(16)17)20(18,19)14-9-4-2-3-8(13)5-9/h2-7,14H,1H3,(H,16,17). The molecule has 0 saturated heterocycles. The molecular weight excluding hydrogens is 348 g/mol. The summed E-state index contributed by atoms with van der Waals surface area (Å²) in [6.45, 7) is 0. The summed E-state index contributed by atoms with van der Waals surface area (Å²) in [7, 11) is -2.35. The molecule has 0 amide bonds. The molecule has 2 aromatic rings. The van der Waals surface area contributed by atoms with E-state index in [0.717, 1.165) is 10.5 Å². The molecule has 0 aliphatic carbocycles. The Labute approximate surface area is 124 Å². The summed E-state index contributed by atoms with van der Waals surface area (Å²) in [4.78, 5) is 10.8. The van der Waals surface area contributed by atoms with Gasteiger partial charge in [-0.15, -0.1) is 0 Å². The number of aromatic nitrogens is 1. The predicted octanol–water partition coefficient (Wildman–Crippen LogP) is 2.29. The topological polar surface area (TPSA) is 88.4 Å². The molecule has 20 heavy (non-hydrogen) atoms. The molecule has 0 aliphatic heterocycles. The van der Waals surface area contributed by atoms with Crippen molar-refractivity contribution in [2.24, 2.45) is 7.05 Å². The van der Waals surface area contributed by atoms with E-state index >= 15 is 0 Å². The lowest BCUT2D eigenvalue weighted by atomic mass is 10.3. The normalized spacial score (nSPS) is 11.3. The maximum Gasteiger partial charge on any atom is 0.352 e. The Kier molecular flexibility index (Phi) is 3.87. The summed E-state index contributed by atoms with van der Waals surface area (Å²) in [5.41, 5.74) is 0.291. The van der Waals surface area contributed by atoms with Crippen LogP contribution in [0.2, 0.25) is 0 Å². The van der Waals surface area contributed by atoms with Crippen molar-refractivity contribution >= 4 is 37.6 Å². The highest BCUT2D eigenvalue weighted by molar-refractivity contribution is 9.10. The number of aryl methyl sites for hydroxylation is 1. The third-order valence-corrected chi connectivity index (χ3v) is 4.43. The van der Waals surface area contributed by atoms with Crippen molar-refractivity contribution in [3.05, 3.63) is 46.7 Å². The SMILES string of the molecule is Cn1cc(S(=O)(=O)Nc2cccc(Br)c2)cc1C(=O)O. The number of nitrogens with zero attached hydrogens (tertiary/aromatic N) is 1. The second-order valence-electron chi connectivity index (χ2n) is 4.09. The van der Waals surface area contributed by atoms with Crippen molar-refractivity contribution in [3.8, 4) is 0 Å². The van der Waals surface area contributed by atoms with Crippen LogP contribution in [-0.2, 0) is 17.1 Å². The van der Waals surface area contributed by atoms with Gasteiger partial charge in [-0.05, 0) is 24.3 Å². The number of carbonyl (C=O) groups is 1. The number of halogens is 1. The molecule has 0 unspecified atom stereocenters. The zero-order chi connectivity index (χ0) is 14.9. The molecule has 2 rings (SSSR count). The summed E-state index contributed by atoms with van der Waals surface area (Å²) in [6, 6.07) is 7.78. The monoisotopic (exact) mass is 358 g/mol. The van der Waals surface area contributed by atoms with Crippen LogP contribution in [0.25, 0.3) is 0 Å². The molecule has 0 radical (unpaired) electrons. The van der Waals surface area contributed by atoms with Gasteiger partial charge in [-0.1, -0.05) is 22.0 Å². The van der Waals surface area contributed by atoms with Crippen molar-refractivity contribution in [2.45, 2.75) is 4.90 Å². The van der Waals surface area contributed by atoms with E-state index in [9.17, 15) is 13.2 Å². The van der Waals surface area contributed by atoms with Crippen LogP contribution in [0.5, 0.6) is 0 Å². The zero-order valence-electron chi connectivity index (χ0n) is 10.4. The largest absolute Gasteiger partial charge is 0.477 e. The Balaban J connectivity index is 2.36. The van der Waals surface area contributed by atoms with Gasteiger partial charge in [-0.3, -0.25) is 4.72 Å². The van der Waals surface area contributed by atoms with Gasteiger partial charge < -0.3 is 9.67 Å². The quantitative estimate of drug-likeness (QED) is 0.877. The summed E-state index contributed by atoms with van der Waals surface area (Å²) < 4.78 is 28.7. The van der Waals surface area contributed by atoms with Gasteiger partial charge in [-0.2, -0.15) is 0 Å². The number of sulfonamides is 1. The fourth-order valence-corrected chi connectivity index (χ4v) is 3.18. The molecule has 0 bridgehead atoms. The predicted molar refractivity (Wildman–Crippen MR) is 77.3 cm³/mol. The van der Waals surface area contributed by atoms with Gasteiger partial charge in [0.05, 0.1) is 0 Å². The number of aromatic carboxylic acids is 1. The van der Waals surface area contributed by atoms with Gasteiger partial charge in [-0.25, -0.2) is 13.2 Å². The van der Waals surface area contributed by atoms with Crippen LogP contribution >= 0.6 is 15.9 Å². The number of carboxylic acids is 1. The molecule has 0 spiro atoms. The Morgan fingerprint density at radius 1 is 1.35 bits per heavy atom. The average Bonchev–Trinajstić information content (AvgIpc) is 2.71. The third kappa shape index (κ3) is 3.02. The molecule has 8 heteroatoms. The van der Waals surface area contributed by atoms with E-state index in [0.29, 0.717) is 5.69 Å². The fourth-order valence-electron chi connectivity index (χ4n) is 1.66. The first-order chi connectivity index (χ1) is 9.29. The number of carboxylic acid groups (broad SMARTS) is 1. The van der Waals surface area contributed by atoms with Crippen molar-refractivity contribution in [1.82, 2.24) is 4.57 Å². The highest BCUT2D eigenvalue weighted by Crippen LogP contribution is 2.21. The molecule has 0 atom stereocenters. The summed E-state index contributed by atoms with van der Waals surface area (Å²) >= 11 is 3.24. The van der Waals surface area contributed by atoms with Crippen molar-refractivity contribution < 1.29 is 18.3 Å². The van der Waals surface area contributed by atoms with Crippen LogP contribution in [0, 0.1) is 0 Å². The second-order valence-corrected chi connectivity index (χ2v) is 6.69. The van der Waals surface area contributed by atoms with E-state index in [2.05, 4.69) is 20.7 Å². The third-order valence-electron chi connectivity index (χ3n) is 2.59. The lowest BCUT2D eigenvalue weighted by Crippen LogP contribution is -2.12. The van der Waals surface area contributed by atoms with Crippen molar-refractivity contribution in [1.29, 1.82) is 0 Å². The Morgan fingerprint density at radius 2 is 2.05 bits per heavy atom. The van der Waals surface area contributed by atoms with Crippen molar-refractivity contribution in [2.75, 3.05) is 4.72 Å². The zero-order valence-corrected chi connectivity index (χ0v) is 12.8. The van der Waals surface area contributed by atoms with Crippen LogP contribution in [0.4, 0.5) is 5.69 Å². The van der Waals surface area contributed by atoms with Crippen LogP contribution in [-0.4, -0.2) is 24.1 Å². The summed E-state index contributed by atoms with van der Waals surface area (Å²) in [5.74, 6) is -1.18. The van der Waals surface area contributed by atoms with Crippen molar-refractivity contribution in [3.63, 3.8) is 0 Å². The number of benzene rings is 1. The fraction of sp³-hybridized carbons (Fsp3) is 0.0833. The molecule has 106 valence electrons. The Morgan fingerprint density at radius 3 is 2.60 bits per heavy atom. The van der Waals surface area contributed by atoms with Gasteiger partial charge in [0, 0.05) is 23.4 Å². The number of hydrogen-bond acceptors (Lipinski definition) is 3. The molecule has 0 fully saturated rings. The lowest BCUT2D eigenvalue weighted by molar-refractivity contribution is 0.0686. The minimum Gasteiger partial charge on any atom is -0.477 e. The molecule has 0 saturated carbocycles. The van der Waals surface area contributed by atoms with E-state index in [-0.39, 0.29) is 10.6 Å². The van der Waals surface area contributed by atoms with E-state index in [1.807, 2.05) is 0 Å². The van der Waals surface area contributed by atoms with Crippen LogP contribution in [0.3, 0.4) is 0 Å². The Hall–Kier alpha value is -1.80. The minimum absolute atomic E-state index is 0.0976. The second kappa shape index (κ2) is 5.29. The molecule has 2 N–H and O–H groups in total. The van der Waals surface area contributed by atoms with E-state index in [1.54, 1.807) is 24.3 Å². The Bertz CT molecular complexity index is 768. The van der Waals surface area contributed by atoms with Gasteiger partial charge in [0.1, 0.15) is 10.6 Å². The lowest BCUT2D eigenvalue weighted by Gasteiger charge is -2.06.